The maximum atomic E-state index is 12.6. The molecule has 2 heterocycles. The fourth-order valence-electron chi connectivity index (χ4n) is 2.95. The summed E-state index contributed by atoms with van der Waals surface area (Å²) in [5.74, 6) is -0.169. The normalized spacial score (nSPS) is 14.3. The topological polar surface area (TPSA) is 58.6 Å². The second-order valence-electron chi connectivity index (χ2n) is 6.23. The Bertz CT molecular complexity index is 994. The van der Waals surface area contributed by atoms with Crippen molar-refractivity contribution >= 4 is 50.5 Å². The van der Waals surface area contributed by atoms with Crippen molar-refractivity contribution in [3.05, 3.63) is 64.0 Å². The Morgan fingerprint density at radius 1 is 1.04 bits per heavy atom. The van der Waals surface area contributed by atoms with Gasteiger partial charge in [0.25, 0.3) is 11.8 Å². The number of fused-ring (bicyclic) bond motifs is 1. The van der Waals surface area contributed by atoms with Crippen molar-refractivity contribution in [2.45, 2.75) is 0 Å². The van der Waals surface area contributed by atoms with Crippen LogP contribution in [0.5, 0.6) is 0 Å². The maximum absolute atomic E-state index is 12.6. The van der Waals surface area contributed by atoms with E-state index >= 15 is 0 Å². The first kappa shape index (κ1) is 18.0. The van der Waals surface area contributed by atoms with E-state index in [0.29, 0.717) is 47.5 Å². The van der Waals surface area contributed by atoms with Crippen molar-refractivity contribution in [1.29, 1.82) is 0 Å². The molecule has 0 aliphatic carbocycles. The van der Waals surface area contributed by atoms with Gasteiger partial charge in [0, 0.05) is 34.1 Å². The number of anilines is 1. The molecule has 1 aliphatic rings. The van der Waals surface area contributed by atoms with Gasteiger partial charge in [0.2, 0.25) is 0 Å². The lowest BCUT2D eigenvalue weighted by atomic mass is 10.2. The number of hydrogen-bond donors (Lipinski definition) is 1. The van der Waals surface area contributed by atoms with E-state index in [-0.39, 0.29) is 11.8 Å². The molecule has 0 unspecified atom stereocenters. The molecule has 5 nitrogen and oxygen atoms in total. The van der Waals surface area contributed by atoms with Crippen LogP contribution in [0, 0.1) is 0 Å². The molecule has 2 amide bonds. The fourth-order valence-corrected chi connectivity index (χ4v) is 4.09. The van der Waals surface area contributed by atoms with E-state index in [2.05, 4.69) is 5.32 Å². The highest BCUT2D eigenvalue weighted by molar-refractivity contribution is 7.20. The highest BCUT2D eigenvalue weighted by Gasteiger charge is 2.20. The van der Waals surface area contributed by atoms with Crippen molar-refractivity contribution in [2.75, 3.05) is 31.6 Å². The first-order valence-corrected chi connectivity index (χ1v) is 9.77. The third-order valence-electron chi connectivity index (χ3n) is 4.39. The van der Waals surface area contributed by atoms with Crippen LogP contribution in [0.25, 0.3) is 10.1 Å². The Morgan fingerprint density at radius 3 is 2.52 bits per heavy atom. The van der Waals surface area contributed by atoms with E-state index in [9.17, 15) is 9.59 Å². The molecule has 0 spiro atoms. The molecule has 4 rings (SSSR count). The summed E-state index contributed by atoms with van der Waals surface area (Å²) in [6, 6.07) is 14.3. The van der Waals surface area contributed by atoms with E-state index in [1.165, 1.54) is 11.3 Å². The van der Waals surface area contributed by atoms with Crippen LogP contribution in [0.2, 0.25) is 5.02 Å². The predicted molar refractivity (Wildman–Crippen MR) is 108 cm³/mol. The zero-order valence-electron chi connectivity index (χ0n) is 14.4. The van der Waals surface area contributed by atoms with Crippen molar-refractivity contribution in [3.63, 3.8) is 0 Å². The van der Waals surface area contributed by atoms with Crippen LogP contribution < -0.4 is 5.32 Å². The van der Waals surface area contributed by atoms with E-state index in [1.807, 2.05) is 29.2 Å². The summed E-state index contributed by atoms with van der Waals surface area (Å²) >= 11 is 7.32. The van der Waals surface area contributed by atoms with Gasteiger partial charge < -0.3 is 15.0 Å². The average molecular weight is 401 g/mol. The lowest BCUT2D eigenvalue weighted by Gasteiger charge is -2.26. The van der Waals surface area contributed by atoms with Crippen molar-refractivity contribution < 1.29 is 14.3 Å². The molecule has 138 valence electrons. The van der Waals surface area contributed by atoms with Gasteiger partial charge in [0.05, 0.1) is 18.1 Å². The van der Waals surface area contributed by atoms with Crippen LogP contribution in [-0.2, 0) is 4.74 Å². The quantitative estimate of drug-likeness (QED) is 0.713. The SMILES string of the molecule is O=C(Nc1ccc2sc(C(=O)N3CCOCC3)cc2c1)c1ccc(Cl)cc1. The molecule has 0 bridgehead atoms. The summed E-state index contributed by atoms with van der Waals surface area (Å²) < 4.78 is 6.31. The first-order valence-electron chi connectivity index (χ1n) is 8.58. The highest BCUT2D eigenvalue weighted by Crippen LogP contribution is 2.29. The Balaban J connectivity index is 1.52. The second-order valence-corrected chi connectivity index (χ2v) is 7.75. The Hall–Kier alpha value is -2.41. The molecule has 3 aromatic rings. The number of benzene rings is 2. The molecule has 2 aromatic carbocycles. The number of rotatable bonds is 3. The molecular formula is C20H17ClN2O3S. The third-order valence-corrected chi connectivity index (χ3v) is 5.75. The average Bonchev–Trinajstić information content (AvgIpc) is 3.12. The molecule has 0 atom stereocenters. The number of ether oxygens (including phenoxy) is 1. The minimum Gasteiger partial charge on any atom is -0.378 e. The minimum absolute atomic E-state index is 0.0336. The van der Waals surface area contributed by atoms with Gasteiger partial charge in [-0.25, -0.2) is 0 Å². The molecule has 7 heteroatoms. The summed E-state index contributed by atoms with van der Waals surface area (Å²) in [4.78, 5) is 27.5. The Morgan fingerprint density at radius 2 is 1.78 bits per heavy atom. The van der Waals surface area contributed by atoms with Gasteiger partial charge in [-0.3, -0.25) is 9.59 Å². The molecule has 27 heavy (non-hydrogen) atoms. The van der Waals surface area contributed by atoms with Gasteiger partial charge in [-0.1, -0.05) is 11.6 Å². The first-order chi connectivity index (χ1) is 13.1. The number of nitrogens with zero attached hydrogens (tertiary/aromatic N) is 1. The van der Waals surface area contributed by atoms with Gasteiger partial charge in [-0.2, -0.15) is 0 Å². The standard InChI is InChI=1S/C20H17ClN2O3S/c21-15-3-1-13(2-4-15)19(24)22-16-5-6-17-14(11-16)12-18(27-17)20(25)23-7-9-26-10-8-23/h1-6,11-12H,7-10H2,(H,22,24). The number of nitrogens with one attached hydrogen (secondary N) is 1. The summed E-state index contributed by atoms with van der Waals surface area (Å²) in [5, 5.41) is 4.40. The number of halogens is 1. The van der Waals surface area contributed by atoms with Crippen molar-refractivity contribution in [2.24, 2.45) is 0 Å². The Labute approximate surface area is 165 Å². The molecule has 1 N–H and O–H groups in total. The molecule has 1 aliphatic heterocycles. The third kappa shape index (κ3) is 3.98. The van der Waals surface area contributed by atoms with Crippen LogP contribution in [-0.4, -0.2) is 43.0 Å². The molecule has 1 saturated heterocycles. The number of morpholine rings is 1. The predicted octanol–water partition coefficient (Wildman–Crippen LogP) is 4.28. The summed E-state index contributed by atoms with van der Waals surface area (Å²) in [5.41, 5.74) is 1.22. The number of amides is 2. The van der Waals surface area contributed by atoms with Crippen molar-refractivity contribution in [1.82, 2.24) is 4.90 Å². The van der Waals surface area contributed by atoms with Crippen LogP contribution in [0.1, 0.15) is 20.0 Å². The van der Waals surface area contributed by atoms with E-state index < -0.39 is 0 Å². The van der Waals surface area contributed by atoms with Crippen LogP contribution >= 0.6 is 22.9 Å². The van der Waals surface area contributed by atoms with Gasteiger partial charge in [0.15, 0.2) is 0 Å². The van der Waals surface area contributed by atoms with Gasteiger partial charge in [-0.05, 0) is 53.9 Å². The lowest BCUT2D eigenvalue weighted by molar-refractivity contribution is 0.0306. The number of hydrogen-bond acceptors (Lipinski definition) is 4. The summed E-state index contributed by atoms with van der Waals surface area (Å²) in [7, 11) is 0. The molecule has 0 saturated carbocycles. The summed E-state index contributed by atoms with van der Waals surface area (Å²) in [6.45, 7) is 2.40. The monoisotopic (exact) mass is 400 g/mol. The summed E-state index contributed by atoms with van der Waals surface area (Å²) in [6.07, 6.45) is 0. The van der Waals surface area contributed by atoms with Crippen LogP contribution in [0.4, 0.5) is 5.69 Å². The largest absolute Gasteiger partial charge is 0.378 e. The maximum Gasteiger partial charge on any atom is 0.264 e. The Kier molecular flexibility index (Phi) is 5.11. The fraction of sp³-hybridized carbons (Fsp3) is 0.200. The molecule has 1 fully saturated rings. The number of carbonyl (C=O) groups is 2. The zero-order chi connectivity index (χ0) is 18.8. The van der Waals surface area contributed by atoms with E-state index in [1.54, 1.807) is 24.3 Å². The number of thiophene rings is 1. The van der Waals surface area contributed by atoms with E-state index in [4.69, 9.17) is 16.3 Å². The lowest BCUT2D eigenvalue weighted by Crippen LogP contribution is -2.40. The number of carbonyl (C=O) groups excluding carboxylic acids is 2. The molecule has 0 radical (unpaired) electrons. The highest BCUT2D eigenvalue weighted by atomic mass is 35.5. The van der Waals surface area contributed by atoms with Crippen LogP contribution in [0.3, 0.4) is 0 Å². The van der Waals surface area contributed by atoms with Gasteiger partial charge >= 0.3 is 0 Å². The van der Waals surface area contributed by atoms with Crippen LogP contribution in [0.15, 0.2) is 48.5 Å². The van der Waals surface area contributed by atoms with Gasteiger partial charge in [0.1, 0.15) is 0 Å². The zero-order valence-corrected chi connectivity index (χ0v) is 16.0. The second kappa shape index (κ2) is 7.68. The molecule has 1 aromatic heterocycles. The molecular weight excluding hydrogens is 384 g/mol. The minimum atomic E-state index is -0.203. The van der Waals surface area contributed by atoms with Crippen molar-refractivity contribution in [3.8, 4) is 0 Å². The van der Waals surface area contributed by atoms with Gasteiger partial charge in [-0.15, -0.1) is 11.3 Å². The smallest absolute Gasteiger partial charge is 0.264 e. The van der Waals surface area contributed by atoms with E-state index in [0.717, 1.165) is 10.1 Å².